The van der Waals surface area contributed by atoms with E-state index in [1.165, 1.54) is 38.5 Å². The Morgan fingerprint density at radius 2 is 1.59 bits per heavy atom. The van der Waals surface area contributed by atoms with Crippen LogP contribution in [0.3, 0.4) is 0 Å². The normalized spacial score (nSPS) is 15.5. The number of hydrogen-bond donors (Lipinski definition) is 0. The zero-order chi connectivity index (χ0) is 23.7. The molecule has 3 rings (SSSR count). The topological polar surface area (TPSA) is 38.8 Å². The Bertz CT molecular complexity index is 1030. The third-order valence-electron chi connectivity index (χ3n) is 5.08. The van der Waals surface area contributed by atoms with Crippen LogP contribution in [0.25, 0.3) is 5.70 Å². The maximum absolute atomic E-state index is 13.2. The van der Waals surface area contributed by atoms with Gasteiger partial charge in [-0.05, 0) is 48.2 Å². The number of ether oxygens (including phenoxy) is 2. The van der Waals surface area contributed by atoms with Gasteiger partial charge in [-0.25, -0.2) is 0 Å². The zero-order valence-corrected chi connectivity index (χ0v) is 17.1. The van der Waals surface area contributed by atoms with Crippen LogP contribution < -0.4 is 9.47 Å². The summed E-state index contributed by atoms with van der Waals surface area (Å²) in [4.78, 5) is 12.7. The van der Waals surface area contributed by atoms with E-state index in [2.05, 4.69) is 0 Å². The summed E-state index contributed by atoms with van der Waals surface area (Å²) in [6.45, 7) is -0.209. The number of carbonyl (C=O) groups excluding carboxylic acids is 1. The molecule has 1 heterocycles. The Balaban J connectivity index is 2.04. The maximum Gasteiger partial charge on any atom is 0.471 e. The van der Waals surface area contributed by atoms with Crippen LogP contribution in [0.15, 0.2) is 42.5 Å². The summed E-state index contributed by atoms with van der Waals surface area (Å²) in [6.07, 6.45) is -8.00. The summed E-state index contributed by atoms with van der Waals surface area (Å²) in [5.41, 5.74) is 0.639. The van der Waals surface area contributed by atoms with E-state index in [4.69, 9.17) is 9.47 Å². The molecule has 2 aromatic carbocycles. The number of nitrogens with zero attached hydrogens (tertiary/aromatic N) is 1. The second-order valence-electron chi connectivity index (χ2n) is 7.06. The molecule has 2 aromatic rings. The summed E-state index contributed by atoms with van der Waals surface area (Å²) < 4.78 is 88.4. The molecule has 4 nitrogen and oxygen atoms in total. The average Bonchev–Trinajstić information content (AvgIpc) is 2.74. The second kappa shape index (κ2) is 8.76. The fourth-order valence-corrected chi connectivity index (χ4v) is 3.49. The van der Waals surface area contributed by atoms with Gasteiger partial charge in [0.05, 0.1) is 19.8 Å². The van der Waals surface area contributed by atoms with Gasteiger partial charge >= 0.3 is 18.3 Å². The van der Waals surface area contributed by atoms with Crippen LogP contribution in [0.5, 0.6) is 11.5 Å². The number of fused-ring (bicyclic) bond motifs is 1. The SMILES string of the molecule is COc1cc2c(cc1OC)/C(=C/Cc1ccc(C(F)(F)F)cc1)N(C(=O)C(F)(F)F)CC2. The van der Waals surface area contributed by atoms with Gasteiger partial charge in [-0.15, -0.1) is 0 Å². The van der Waals surface area contributed by atoms with E-state index in [9.17, 15) is 31.1 Å². The van der Waals surface area contributed by atoms with Crippen LogP contribution >= 0.6 is 0 Å². The number of halogens is 6. The molecule has 0 bridgehead atoms. The van der Waals surface area contributed by atoms with Crippen molar-refractivity contribution in [1.29, 1.82) is 0 Å². The van der Waals surface area contributed by atoms with Gasteiger partial charge in [-0.1, -0.05) is 18.2 Å². The monoisotopic (exact) mass is 459 g/mol. The molecule has 0 atom stereocenters. The molecule has 0 unspecified atom stereocenters. The van der Waals surface area contributed by atoms with Crippen molar-refractivity contribution in [2.24, 2.45) is 0 Å². The number of alkyl halides is 6. The molecular weight excluding hydrogens is 440 g/mol. The lowest BCUT2D eigenvalue weighted by Gasteiger charge is -2.33. The van der Waals surface area contributed by atoms with E-state index in [0.717, 1.165) is 12.1 Å². The second-order valence-corrected chi connectivity index (χ2v) is 7.06. The Morgan fingerprint density at radius 3 is 2.12 bits per heavy atom. The first kappa shape index (κ1) is 23.5. The highest BCUT2D eigenvalue weighted by Crippen LogP contribution is 2.39. The van der Waals surface area contributed by atoms with Crippen LogP contribution in [-0.4, -0.2) is 37.7 Å². The summed E-state index contributed by atoms with van der Waals surface area (Å²) in [5.74, 6) is -1.35. The number of benzene rings is 2. The standard InChI is InChI=1S/C22H19F6NO3/c1-31-18-11-14-9-10-29(20(30)22(26,27)28)17(16(14)12-19(18)32-2)8-5-13-3-6-15(7-4-13)21(23,24)25/h3-4,6-8,11-12H,5,9-10H2,1-2H3/b17-8-. The fraction of sp³-hybridized carbons (Fsp3) is 0.318. The number of hydrogen-bond acceptors (Lipinski definition) is 3. The third kappa shape index (κ3) is 4.84. The Labute approximate surface area is 180 Å². The smallest absolute Gasteiger partial charge is 0.471 e. The quantitative estimate of drug-likeness (QED) is 0.586. The first-order valence-electron chi connectivity index (χ1n) is 9.46. The van der Waals surface area contributed by atoms with E-state index in [1.54, 1.807) is 6.07 Å². The molecule has 0 N–H and O–H groups in total. The predicted octanol–water partition coefficient (Wildman–Crippen LogP) is 5.25. The van der Waals surface area contributed by atoms with Gasteiger partial charge < -0.3 is 14.4 Å². The largest absolute Gasteiger partial charge is 0.493 e. The van der Waals surface area contributed by atoms with Gasteiger partial charge in [0.2, 0.25) is 0 Å². The van der Waals surface area contributed by atoms with Crippen LogP contribution in [-0.2, 0) is 23.8 Å². The van der Waals surface area contributed by atoms with E-state index in [-0.39, 0.29) is 30.8 Å². The molecule has 10 heteroatoms. The molecule has 1 amide bonds. The molecule has 0 aromatic heterocycles. The molecule has 0 spiro atoms. The highest BCUT2D eigenvalue weighted by atomic mass is 19.4. The number of rotatable bonds is 4. The van der Waals surface area contributed by atoms with E-state index in [1.807, 2.05) is 0 Å². The lowest BCUT2D eigenvalue weighted by molar-refractivity contribution is -0.182. The van der Waals surface area contributed by atoms with Gasteiger partial charge in [0.25, 0.3) is 0 Å². The first-order chi connectivity index (χ1) is 15.0. The van der Waals surface area contributed by atoms with Gasteiger partial charge in [-0.3, -0.25) is 4.79 Å². The van der Waals surface area contributed by atoms with Crippen LogP contribution in [0.4, 0.5) is 26.3 Å². The van der Waals surface area contributed by atoms with E-state index >= 15 is 0 Å². The summed E-state index contributed by atoms with van der Waals surface area (Å²) in [5, 5.41) is 0. The van der Waals surface area contributed by atoms with Crippen molar-refractivity contribution in [2.75, 3.05) is 20.8 Å². The van der Waals surface area contributed by atoms with Gasteiger partial charge in [0.1, 0.15) is 0 Å². The van der Waals surface area contributed by atoms with Gasteiger partial charge in [0, 0.05) is 17.8 Å². The van der Waals surface area contributed by atoms with Crippen molar-refractivity contribution >= 4 is 11.6 Å². The van der Waals surface area contributed by atoms with Crippen molar-refractivity contribution in [2.45, 2.75) is 25.2 Å². The van der Waals surface area contributed by atoms with Crippen LogP contribution in [0.2, 0.25) is 0 Å². The van der Waals surface area contributed by atoms with Gasteiger partial charge in [0.15, 0.2) is 11.5 Å². The number of carbonyl (C=O) groups is 1. The minimum Gasteiger partial charge on any atom is -0.493 e. The Morgan fingerprint density at radius 1 is 1.00 bits per heavy atom. The molecule has 1 aliphatic rings. The minimum atomic E-state index is -5.08. The maximum atomic E-state index is 13.2. The minimum absolute atomic E-state index is 0.00873. The molecular formula is C22H19F6NO3. The Hall–Kier alpha value is -3.17. The molecule has 0 saturated carbocycles. The molecule has 32 heavy (non-hydrogen) atoms. The number of methoxy groups -OCH3 is 2. The van der Waals surface area contributed by atoms with Gasteiger partial charge in [-0.2, -0.15) is 26.3 Å². The molecule has 0 fully saturated rings. The van der Waals surface area contributed by atoms with Crippen LogP contribution in [0.1, 0.15) is 22.3 Å². The van der Waals surface area contributed by atoms with Crippen molar-refractivity contribution < 1.29 is 40.6 Å². The van der Waals surface area contributed by atoms with Crippen molar-refractivity contribution in [1.82, 2.24) is 4.90 Å². The lowest BCUT2D eigenvalue weighted by atomic mass is 9.94. The summed E-state index contributed by atoms with van der Waals surface area (Å²) >= 11 is 0. The molecule has 172 valence electrons. The van der Waals surface area contributed by atoms with E-state index < -0.39 is 23.8 Å². The number of allylic oxidation sites excluding steroid dienone is 1. The third-order valence-corrected chi connectivity index (χ3v) is 5.08. The highest BCUT2D eigenvalue weighted by molar-refractivity contribution is 5.92. The Kier molecular flexibility index (Phi) is 6.43. The van der Waals surface area contributed by atoms with Crippen molar-refractivity contribution in [3.63, 3.8) is 0 Å². The summed E-state index contributed by atoms with van der Waals surface area (Å²) in [6, 6.07) is 7.41. The van der Waals surface area contributed by atoms with E-state index in [0.29, 0.717) is 27.3 Å². The molecule has 0 radical (unpaired) electrons. The fourth-order valence-electron chi connectivity index (χ4n) is 3.49. The number of amides is 1. The first-order valence-corrected chi connectivity index (χ1v) is 9.46. The molecule has 0 saturated heterocycles. The van der Waals surface area contributed by atoms with Crippen molar-refractivity contribution in [3.8, 4) is 11.5 Å². The molecule has 0 aliphatic carbocycles. The highest BCUT2D eigenvalue weighted by Gasteiger charge is 2.45. The van der Waals surface area contributed by atoms with Crippen LogP contribution in [0, 0.1) is 0 Å². The summed E-state index contributed by atoms with van der Waals surface area (Å²) in [7, 11) is 2.80. The predicted molar refractivity (Wildman–Crippen MR) is 104 cm³/mol. The molecule has 1 aliphatic heterocycles. The average molecular weight is 459 g/mol. The zero-order valence-electron chi connectivity index (χ0n) is 17.1. The van der Waals surface area contributed by atoms with Crippen molar-refractivity contribution in [3.05, 3.63) is 64.7 Å². The lowest BCUT2D eigenvalue weighted by Crippen LogP contribution is -2.43.